The number of benzene rings is 1. The third-order valence-electron chi connectivity index (χ3n) is 4.69. The SMILES string of the molecule is CCCCCC(=O)N1CCC[C@H]1C(=O)NCCNC(=O)c1ccc(F)cc1. The van der Waals surface area contributed by atoms with Crippen molar-refractivity contribution in [3.05, 3.63) is 35.6 Å². The van der Waals surface area contributed by atoms with Gasteiger partial charge in [0, 0.05) is 31.6 Å². The number of amides is 3. The highest BCUT2D eigenvalue weighted by Gasteiger charge is 2.33. The summed E-state index contributed by atoms with van der Waals surface area (Å²) in [6.45, 7) is 3.26. The molecule has 1 heterocycles. The van der Waals surface area contributed by atoms with Crippen LogP contribution in [0.2, 0.25) is 0 Å². The van der Waals surface area contributed by atoms with Crippen LogP contribution in [0.15, 0.2) is 24.3 Å². The molecule has 6 nitrogen and oxygen atoms in total. The van der Waals surface area contributed by atoms with Crippen molar-refractivity contribution in [1.82, 2.24) is 15.5 Å². The summed E-state index contributed by atoms with van der Waals surface area (Å²) in [5.74, 6) is -0.847. The number of likely N-dealkylation sites (tertiary alicyclic amines) is 1. The fraction of sp³-hybridized carbons (Fsp3) is 0.550. The zero-order valence-corrected chi connectivity index (χ0v) is 15.8. The lowest BCUT2D eigenvalue weighted by Crippen LogP contribution is -2.47. The van der Waals surface area contributed by atoms with Crippen LogP contribution >= 0.6 is 0 Å². The molecule has 0 aliphatic carbocycles. The van der Waals surface area contributed by atoms with Gasteiger partial charge < -0.3 is 15.5 Å². The maximum absolute atomic E-state index is 12.9. The van der Waals surface area contributed by atoms with Gasteiger partial charge in [-0.3, -0.25) is 14.4 Å². The van der Waals surface area contributed by atoms with Crippen LogP contribution in [-0.4, -0.2) is 48.3 Å². The molecule has 1 aliphatic heterocycles. The van der Waals surface area contributed by atoms with Crippen molar-refractivity contribution >= 4 is 17.7 Å². The molecule has 1 aromatic rings. The van der Waals surface area contributed by atoms with E-state index >= 15 is 0 Å². The highest BCUT2D eigenvalue weighted by atomic mass is 19.1. The molecule has 1 aliphatic rings. The molecule has 1 atom stereocenters. The molecule has 7 heteroatoms. The Kier molecular flexibility index (Phi) is 8.23. The minimum Gasteiger partial charge on any atom is -0.353 e. The van der Waals surface area contributed by atoms with Crippen molar-refractivity contribution in [3.8, 4) is 0 Å². The van der Waals surface area contributed by atoms with Crippen molar-refractivity contribution in [1.29, 1.82) is 0 Å². The number of carbonyl (C=O) groups is 3. The number of nitrogens with one attached hydrogen (secondary N) is 2. The smallest absolute Gasteiger partial charge is 0.251 e. The monoisotopic (exact) mass is 377 g/mol. The van der Waals surface area contributed by atoms with Crippen molar-refractivity contribution < 1.29 is 18.8 Å². The van der Waals surface area contributed by atoms with E-state index in [2.05, 4.69) is 17.6 Å². The lowest BCUT2D eigenvalue weighted by Gasteiger charge is -2.24. The molecule has 0 bridgehead atoms. The second-order valence-corrected chi connectivity index (χ2v) is 6.76. The van der Waals surface area contributed by atoms with Crippen LogP contribution in [0.3, 0.4) is 0 Å². The average molecular weight is 377 g/mol. The normalized spacial score (nSPS) is 16.2. The molecule has 148 valence electrons. The molecule has 1 fully saturated rings. The summed E-state index contributed by atoms with van der Waals surface area (Å²) in [5.41, 5.74) is 0.363. The Morgan fingerprint density at radius 1 is 1.11 bits per heavy atom. The molecule has 0 spiro atoms. The first-order valence-electron chi connectivity index (χ1n) is 9.64. The predicted molar refractivity (Wildman–Crippen MR) is 101 cm³/mol. The fourth-order valence-corrected chi connectivity index (χ4v) is 3.19. The first-order valence-corrected chi connectivity index (χ1v) is 9.64. The molecule has 1 aromatic carbocycles. The second-order valence-electron chi connectivity index (χ2n) is 6.76. The van der Waals surface area contributed by atoms with Gasteiger partial charge in [0.1, 0.15) is 11.9 Å². The van der Waals surface area contributed by atoms with Crippen LogP contribution < -0.4 is 10.6 Å². The number of carbonyl (C=O) groups excluding carboxylic acids is 3. The van der Waals surface area contributed by atoms with Crippen LogP contribution in [0.25, 0.3) is 0 Å². The van der Waals surface area contributed by atoms with E-state index in [0.29, 0.717) is 24.9 Å². The summed E-state index contributed by atoms with van der Waals surface area (Å²) < 4.78 is 12.9. The van der Waals surface area contributed by atoms with E-state index in [1.54, 1.807) is 4.90 Å². The van der Waals surface area contributed by atoms with Gasteiger partial charge in [0.2, 0.25) is 11.8 Å². The minimum atomic E-state index is -0.410. The second kappa shape index (κ2) is 10.6. The van der Waals surface area contributed by atoms with Gasteiger partial charge in [-0.15, -0.1) is 0 Å². The third-order valence-corrected chi connectivity index (χ3v) is 4.69. The number of hydrogen-bond acceptors (Lipinski definition) is 3. The van der Waals surface area contributed by atoms with Crippen LogP contribution in [0.4, 0.5) is 4.39 Å². The van der Waals surface area contributed by atoms with E-state index < -0.39 is 11.9 Å². The van der Waals surface area contributed by atoms with Crippen LogP contribution in [0.5, 0.6) is 0 Å². The summed E-state index contributed by atoms with van der Waals surface area (Å²) in [4.78, 5) is 38.3. The quantitative estimate of drug-likeness (QED) is 0.648. The number of halogens is 1. The summed E-state index contributed by atoms with van der Waals surface area (Å²) >= 11 is 0. The Labute approximate surface area is 159 Å². The standard InChI is InChI=1S/C20H28FN3O3/c1-2-3-4-7-18(25)24-14-5-6-17(24)20(27)23-13-12-22-19(26)15-8-10-16(21)11-9-15/h8-11,17H,2-7,12-14H2,1H3,(H,22,26)(H,23,27)/t17-/m0/s1. The largest absolute Gasteiger partial charge is 0.353 e. The van der Waals surface area contributed by atoms with E-state index in [-0.39, 0.29) is 30.8 Å². The minimum absolute atomic E-state index is 0.0470. The molecular weight excluding hydrogens is 349 g/mol. The molecule has 27 heavy (non-hydrogen) atoms. The first-order chi connectivity index (χ1) is 13.0. The Morgan fingerprint density at radius 2 is 1.81 bits per heavy atom. The van der Waals surface area contributed by atoms with Gasteiger partial charge in [-0.05, 0) is 43.5 Å². The number of hydrogen-bond donors (Lipinski definition) is 2. The van der Waals surface area contributed by atoms with Crippen molar-refractivity contribution in [3.63, 3.8) is 0 Å². The fourth-order valence-electron chi connectivity index (χ4n) is 3.19. The van der Waals surface area contributed by atoms with E-state index in [4.69, 9.17) is 0 Å². The van der Waals surface area contributed by atoms with E-state index in [1.165, 1.54) is 24.3 Å². The molecule has 0 radical (unpaired) electrons. The Balaban J connectivity index is 1.72. The van der Waals surface area contributed by atoms with Gasteiger partial charge in [-0.1, -0.05) is 19.8 Å². The predicted octanol–water partition coefficient (Wildman–Crippen LogP) is 2.24. The molecule has 2 N–H and O–H groups in total. The average Bonchev–Trinajstić information content (AvgIpc) is 3.15. The van der Waals surface area contributed by atoms with Gasteiger partial charge in [0.25, 0.3) is 5.91 Å². The number of rotatable bonds is 9. The van der Waals surface area contributed by atoms with Crippen molar-refractivity contribution in [2.75, 3.05) is 19.6 Å². The maximum atomic E-state index is 12.9. The lowest BCUT2D eigenvalue weighted by atomic mass is 10.1. The van der Waals surface area contributed by atoms with Crippen LogP contribution in [-0.2, 0) is 9.59 Å². The molecule has 1 saturated heterocycles. The number of nitrogens with zero attached hydrogens (tertiary/aromatic N) is 1. The summed E-state index contributed by atoms with van der Waals surface area (Å²) in [5, 5.41) is 5.46. The van der Waals surface area contributed by atoms with Gasteiger partial charge in [-0.25, -0.2) is 4.39 Å². The molecule has 3 amide bonds. The summed E-state index contributed by atoms with van der Waals surface area (Å²) in [6.07, 6.45) is 4.93. The zero-order valence-electron chi connectivity index (χ0n) is 15.8. The topological polar surface area (TPSA) is 78.5 Å². The van der Waals surface area contributed by atoms with E-state index in [9.17, 15) is 18.8 Å². The highest BCUT2D eigenvalue weighted by molar-refractivity contribution is 5.94. The zero-order chi connectivity index (χ0) is 19.6. The highest BCUT2D eigenvalue weighted by Crippen LogP contribution is 2.19. The van der Waals surface area contributed by atoms with E-state index in [1.807, 2.05) is 0 Å². The van der Waals surface area contributed by atoms with Gasteiger partial charge in [0.05, 0.1) is 0 Å². The van der Waals surface area contributed by atoms with Gasteiger partial charge >= 0.3 is 0 Å². The van der Waals surface area contributed by atoms with Crippen LogP contribution in [0.1, 0.15) is 55.8 Å². The van der Waals surface area contributed by atoms with Crippen molar-refractivity contribution in [2.24, 2.45) is 0 Å². The summed E-state index contributed by atoms with van der Waals surface area (Å²) in [7, 11) is 0. The van der Waals surface area contributed by atoms with Gasteiger partial charge in [0.15, 0.2) is 0 Å². The van der Waals surface area contributed by atoms with Crippen LogP contribution in [0, 0.1) is 5.82 Å². The van der Waals surface area contributed by atoms with Gasteiger partial charge in [-0.2, -0.15) is 0 Å². The maximum Gasteiger partial charge on any atom is 0.251 e. The first kappa shape index (κ1) is 20.9. The lowest BCUT2D eigenvalue weighted by molar-refractivity contribution is -0.138. The molecule has 0 unspecified atom stereocenters. The Hall–Kier alpha value is -2.44. The van der Waals surface area contributed by atoms with Crippen molar-refractivity contribution in [2.45, 2.75) is 51.5 Å². The molecule has 0 aromatic heterocycles. The molecule has 2 rings (SSSR count). The molecular formula is C20H28FN3O3. The summed E-state index contributed by atoms with van der Waals surface area (Å²) in [6, 6.07) is 4.85. The molecule has 0 saturated carbocycles. The number of unbranched alkanes of at least 4 members (excludes halogenated alkanes) is 2. The Morgan fingerprint density at radius 3 is 2.52 bits per heavy atom. The third kappa shape index (κ3) is 6.34. The Bertz CT molecular complexity index is 648. The van der Waals surface area contributed by atoms with E-state index in [0.717, 1.165) is 25.7 Å².